The van der Waals surface area contributed by atoms with Crippen molar-refractivity contribution in [3.8, 4) is 0 Å². The highest BCUT2D eigenvalue weighted by molar-refractivity contribution is 7.89. The minimum absolute atomic E-state index is 0.0998. The van der Waals surface area contributed by atoms with E-state index >= 15 is 0 Å². The molecule has 1 aliphatic heterocycles. The molecule has 2 atom stereocenters. The number of benzene rings is 1. The number of aryl methyl sites for hydroxylation is 1. The van der Waals surface area contributed by atoms with Crippen molar-refractivity contribution in [2.75, 3.05) is 13.1 Å². The molecule has 25 heavy (non-hydrogen) atoms. The highest BCUT2D eigenvalue weighted by Gasteiger charge is 2.42. The Bertz CT molecular complexity index is 849. The average Bonchev–Trinajstić information content (AvgIpc) is 2.92. The fourth-order valence-electron chi connectivity index (χ4n) is 4.01. The molecule has 1 heterocycles. The van der Waals surface area contributed by atoms with E-state index in [1.165, 1.54) is 0 Å². The zero-order chi connectivity index (χ0) is 18.4. The van der Waals surface area contributed by atoms with E-state index in [0.717, 1.165) is 28.7 Å². The van der Waals surface area contributed by atoms with E-state index in [4.69, 9.17) is 0 Å². The quantitative estimate of drug-likeness (QED) is 0.776. The molecule has 2 aliphatic rings. The normalized spacial score (nSPS) is 25.0. The van der Waals surface area contributed by atoms with E-state index in [-0.39, 0.29) is 17.6 Å². The molecule has 2 unspecified atom stereocenters. The highest BCUT2D eigenvalue weighted by atomic mass is 32.2. The monoisotopic (exact) mass is 359 g/mol. The number of nitrogens with zero attached hydrogens (tertiary/aromatic N) is 1. The van der Waals surface area contributed by atoms with Crippen molar-refractivity contribution < 1.29 is 13.2 Å². The molecule has 0 bridgehead atoms. The largest absolute Gasteiger partial charge is 0.295 e. The summed E-state index contributed by atoms with van der Waals surface area (Å²) in [5.41, 5.74) is 3.95. The number of hydrogen-bond acceptors (Lipinski definition) is 3. The summed E-state index contributed by atoms with van der Waals surface area (Å²) < 4.78 is 27.5. The Balaban J connectivity index is 1.87. The Kier molecular flexibility index (Phi) is 4.73. The van der Waals surface area contributed by atoms with Crippen molar-refractivity contribution >= 4 is 15.8 Å². The molecule has 1 aliphatic carbocycles. The Hall–Kier alpha value is -1.72. The first-order chi connectivity index (χ1) is 11.7. The molecule has 5 heteroatoms. The van der Waals surface area contributed by atoms with Crippen molar-refractivity contribution in [2.24, 2.45) is 11.8 Å². The van der Waals surface area contributed by atoms with Crippen molar-refractivity contribution in [2.45, 2.75) is 38.5 Å². The smallest absolute Gasteiger partial charge is 0.243 e. The minimum atomic E-state index is -3.49. The lowest BCUT2D eigenvalue weighted by atomic mass is 9.87. The summed E-state index contributed by atoms with van der Waals surface area (Å²) in [7, 11) is -3.49. The third-order valence-corrected chi connectivity index (χ3v) is 7.35. The van der Waals surface area contributed by atoms with Gasteiger partial charge < -0.3 is 0 Å². The Morgan fingerprint density at radius 2 is 1.80 bits per heavy atom. The molecule has 0 N–H and O–H groups in total. The van der Waals surface area contributed by atoms with Gasteiger partial charge in [0.25, 0.3) is 0 Å². The number of hydrogen-bond donors (Lipinski definition) is 0. The maximum Gasteiger partial charge on any atom is 0.243 e. The lowest BCUT2D eigenvalue weighted by Crippen LogP contribution is -2.29. The summed E-state index contributed by atoms with van der Waals surface area (Å²) in [6.45, 7) is 10.7. The molecule has 1 fully saturated rings. The first-order valence-electron chi connectivity index (χ1n) is 8.64. The summed E-state index contributed by atoms with van der Waals surface area (Å²) >= 11 is 0. The van der Waals surface area contributed by atoms with Gasteiger partial charge in [0.15, 0.2) is 5.78 Å². The third-order valence-electron chi connectivity index (χ3n) is 5.50. The van der Waals surface area contributed by atoms with Gasteiger partial charge in [-0.2, -0.15) is 4.31 Å². The standard InChI is InChI=1S/C20H25NO3S/c1-13-5-7-18(8-6-13)25(23,24)21-11-17-9-14(2)19(16(4)22)10-15(3)20(17)12-21/h5-8,17,20H,3,9-12H2,1-2,4H3. The Labute approximate surface area is 150 Å². The number of rotatable bonds is 3. The molecule has 0 amide bonds. The lowest BCUT2D eigenvalue weighted by Gasteiger charge is -2.18. The van der Waals surface area contributed by atoms with Crippen LogP contribution in [0.5, 0.6) is 0 Å². The highest BCUT2D eigenvalue weighted by Crippen LogP contribution is 2.41. The molecule has 0 aromatic heterocycles. The van der Waals surface area contributed by atoms with E-state index in [9.17, 15) is 13.2 Å². The lowest BCUT2D eigenvalue weighted by molar-refractivity contribution is -0.113. The Morgan fingerprint density at radius 1 is 1.16 bits per heavy atom. The SMILES string of the molecule is C=C1CC(C(C)=O)=C(C)CC2CN(S(=O)(=O)c3ccc(C)cc3)CC12. The average molecular weight is 359 g/mol. The fourth-order valence-corrected chi connectivity index (χ4v) is 5.53. The number of allylic oxidation sites excluding steroid dienone is 2. The van der Waals surface area contributed by atoms with Crippen LogP contribution in [-0.4, -0.2) is 31.6 Å². The minimum Gasteiger partial charge on any atom is -0.295 e. The van der Waals surface area contributed by atoms with Gasteiger partial charge in [-0.05, 0) is 63.2 Å². The second-order valence-corrected chi connectivity index (χ2v) is 9.29. The second kappa shape index (κ2) is 6.54. The second-order valence-electron chi connectivity index (χ2n) is 7.36. The first-order valence-corrected chi connectivity index (χ1v) is 10.1. The van der Waals surface area contributed by atoms with Crippen LogP contribution in [-0.2, 0) is 14.8 Å². The number of Topliss-reactive ketones (excluding diaryl/α,β-unsaturated/α-hetero) is 1. The summed E-state index contributed by atoms with van der Waals surface area (Å²) in [5, 5.41) is 0. The summed E-state index contributed by atoms with van der Waals surface area (Å²) in [4.78, 5) is 12.2. The zero-order valence-corrected chi connectivity index (χ0v) is 15.9. The number of sulfonamides is 1. The number of carbonyl (C=O) groups is 1. The van der Waals surface area contributed by atoms with Gasteiger partial charge in [-0.3, -0.25) is 4.79 Å². The molecular formula is C20H25NO3S. The topological polar surface area (TPSA) is 54.5 Å². The van der Waals surface area contributed by atoms with Crippen LogP contribution in [0.4, 0.5) is 0 Å². The van der Waals surface area contributed by atoms with E-state index in [1.54, 1.807) is 23.4 Å². The summed E-state index contributed by atoms with van der Waals surface area (Å²) in [6.07, 6.45) is 1.33. The van der Waals surface area contributed by atoms with Gasteiger partial charge in [0.05, 0.1) is 4.90 Å². The molecule has 1 aromatic carbocycles. The Morgan fingerprint density at radius 3 is 2.40 bits per heavy atom. The van der Waals surface area contributed by atoms with Crippen molar-refractivity contribution in [1.82, 2.24) is 4.31 Å². The number of carbonyl (C=O) groups excluding carboxylic acids is 1. The van der Waals surface area contributed by atoms with Gasteiger partial charge in [-0.15, -0.1) is 0 Å². The molecule has 0 spiro atoms. The van der Waals surface area contributed by atoms with Gasteiger partial charge in [0, 0.05) is 13.1 Å². The van der Waals surface area contributed by atoms with Crippen molar-refractivity contribution in [1.29, 1.82) is 0 Å². The van der Waals surface area contributed by atoms with Crippen molar-refractivity contribution in [3.63, 3.8) is 0 Å². The predicted molar refractivity (Wildman–Crippen MR) is 98.7 cm³/mol. The number of fused-ring (bicyclic) bond motifs is 1. The fraction of sp³-hybridized carbons (Fsp3) is 0.450. The van der Waals surface area contributed by atoms with Crippen LogP contribution in [0.2, 0.25) is 0 Å². The van der Waals surface area contributed by atoms with E-state index in [0.29, 0.717) is 24.4 Å². The summed E-state index contributed by atoms with van der Waals surface area (Å²) in [6, 6.07) is 7.00. The molecule has 3 rings (SSSR count). The molecule has 0 saturated carbocycles. The predicted octanol–water partition coefficient (Wildman–Crippen LogP) is 3.49. The van der Waals surface area contributed by atoms with Crippen LogP contribution in [0, 0.1) is 18.8 Å². The van der Waals surface area contributed by atoms with Crippen LogP contribution in [0.15, 0.2) is 52.5 Å². The van der Waals surface area contributed by atoms with Crippen LogP contribution in [0.25, 0.3) is 0 Å². The van der Waals surface area contributed by atoms with Gasteiger partial charge in [0.1, 0.15) is 0 Å². The zero-order valence-electron chi connectivity index (χ0n) is 15.1. The maximum atomic E-state index is 13.0. The van der Waals surface area contributed by atoms with Gasteiger partial charge in [-0.1, -0.05) is 35.4 Å². The van der Waals surface area contributed by atoms with Crippen LogP contribution >= 0.6 is 0 Å². The van der Waals surface area contributed by atoms with E-state index in [1.807, 2.05) is 26.0 Å². The van der Waals surface area contributed by atoms with Crippen LogP contribution in [0.3, 0.4) is 0 Å². The van der Waals surface area contributed by atoms with Crippen molar-refractivity contribution in [3.05, 3.63) is 53.1 Å². The maximum absolute atomic E-state index is 13.0. The molecule has 1 saturated heterocycles. The third kappa shape index (κ3) is 3.35. The van der Waals surface area contributed by atoms with Crippen LogP contribution in [0.1, 0.15) is 32.3 Å². The van der Waals surface area contributed by atoms with E-state index < -0.39 is 10.0 Å². The molecule has 4 nitrogen and oxygen atoms in total. The molecule has 0 radical (unpaired) electrons. The number of ketones is 1. The molecule has 134 valence electrons. The van der Waals surface area contributed by atoms with Gasteiger partial charge in [-0.25, -0.2) is 8.42 Å². The van der Waals surface area contributed by atoms with E-state index in [2.05, 4.69) is 6.58 Å². The van der Waals surface area contributed by atoms with Gasteiger partial charge >= 0.3 is 0 Å². The first kappa shape index (κ1) is 18.1. The van der Waals surface area contributed by atoms with Crippen LogP contribution < -0.4 is 0 Å². The van der Waals surface area contributed by atoms with Gasteiger partial charge in [0.2, 0.25) is 10.0 Å². The molecule has 1 aromatic rings. The summed E-state index contributed by atoms with van der Waals surface area (Å²) in [5.74, 6) is 0.416. The molecular weight excluding hydrogens is 334 g/mol.